The molecule has 1 saturated carbocycles. The monoisotopic (exact) mass is 323 g/mol. The van der Waals surface area contributed by atoms with Gasteiger partial charge in [0.25, 0.3) is 0 Å². The number of hydrogen-bond donors (Lipinski definition) is 1. The van der Waals surface area contributed by atoms with Crippen LogP contribution in [0.4, 0.5) is 0 Å². The molecule has 2 heterocycles. The Kier molecular flexibility index (Phi) is 5.29. The van der Waals surface area contributed by atoms with Gasteiger partial charge in [-0.05, 0) is 38.6 Å². The Morgan fingerprint density at radius 2 is 1.87 bits per heavy atom. The van der Waals surface area contributed by atoms with Crippen molar-refractivity contribution >= 4 is 5.91 Å². The lowest BCUT2D eigenvalue weighted by molar-refractivity contribution is -0.166. The van der Waals surface area contributed by atoms with Gasteiger partial charge in [0.1, 0.15) is 6.23 Å². The lowest BCUT2D eigenvalue weighted by atomic mass is 9.60. The van der Waals surface area contributed by atoms with Crippen molar-refractivity contribution in [3.63, 3.8) is 0 Å². The molecule has 1 amide bonds. The molecule has 2 saturated heterocycles. The van der Waals surface area contributed by atoms with E-state index in [0.29, 0.717) is 11.8 Å². The number of primary amides is 1. The zero-order chi connectivity index (χ0) is 16.4. The first-order valence-electron chi connectivity index (χ1n) is 9.36. The maximum atomic E-state index is 12.2. The van der Waals surface area contributed by atoms with E-state index in [1.165, 1.54) is 12.8 Å². The summed E-state index contributed by atoms with van der Waals surface area (Å²) >= 11 is 0. The molecule has 0 aromatic carbocycles. The van der Waals surface area contributed by atoms with E-state index in [0.717, 1.165) is 58.5 Å². The molecular formula is C18H33N3O2. The Balaban J connectivity index is 1.78. The van der Waals surface area contributed by atoms with Crippen LogP contribution in [0.1, 0.15) is 45.4 Å². The highest BCUT2D eigenvalue weighted by atomic mass is 16.5. The Hall–Kier alpha value is -0.650. The first-order valence-corrected chi connectivity index (χ1v) is 9.36. The average Bonchev–Trinajstić information content (AvgIpc) is 2.56. The summed E-state index contributed by atoms with van der Waals surface area (Å²) in [5.41, 5.74) is 5.49. The van der Waals surface area contributed by atoms with Crippen LogP contribution in [0, 0.1) is 17.3 Å². The van der Waals surface area contributed by atoms with Gasteiger partial charge in [0.2, 0.25) is 5.91 Å². The molecule has 4 unspecified atom stereocenters. The lowest BCUT2D eigenvalue weighted by Crippen LogP contribution is -2.57. The summed E-state index contributed by atoms with van der Waals surface area (Å²) in [6.07, 6.45) is 6.88. The van der Waals surface area contributed by atoms with Crippen LogP contribution < -0.4 is 5.73 Å². The smallest absolute Gasteiger partial charge is 0.223 e. The third-order valence-electron chi connectivity index (χ3n) is 6.59. The molecule has 23 heavy (non-hydrogen) atoms. The van der Waals surface area contributed by atoms with Crippen molar-refractivity contribution in [2.45, 2.75) is 51.7 Å². The average molecular weight is 323 g/mol. The van der Waals surface area contributed by atoms with E-state index in [9.17, 15) is 4.79 Å². The van der Waals surface area contributed by atoms with Crippen LogP contribution >= 0.6 is 0 Å². The van der Waals surface area contributed by atoms with Gasteiger partial charge in [-0.1, -0.05) is 19.8 Å². The van der Waals surface area contributed by atoms with Crippen LogP contribution in [-0.4, -0.2) is 61.8 Å². The summed E-state index contributed by atoms with van der Waals surface area (Å²) < 4.78 is 6.25. The maximum absolute atomic E-state index is 12.2. The predicted octanol–water partition coefficient (Wildman–Crippen LogP) is 1.67. The number of rotatable bonds is 3. The van der Waals surface area contributed by atoms with E-state index in [2.05, 4.69) is 23.8 Å². The van der Waals surface area contributed by atoms with E-state index in [1.54, 1.807) is 0 Å². The minimum Gasteiger partial charge on any atom is -0.369 e. The van der Waals surface area contributed by atoms with Crippen molar-refractivity contribution in [2.24, 2.45) is 23.0 Å². The third-order valence-corrected chi connectivity index (χ3v) is 6.59. The first kappa shape index (κ1) is 17.2. The Labute approximate surface area is 140 Å². The van der Waals surface area contributed by atoms with Crippen molar-refractivity contribution < 1.29 is 9.53 Å². The third kappa shape index (κ3) is 3.42. The zero-order valence-corrected chi connectivity index (χ0v) is 14.8. The van der Waals surface area contributed by atoms with Crippen molar-refractivity contribution in [2.75, 3.05) is 39.8 Å². The number of hydrogen-bond acceptors (Lipinski definition) is 4. The molecule has 4 atom stereocenters. The van der Waals surface area contributed by atoms with E-state index < -0.39 is 0 Å². The number of carbonyl (C=O) groups is 1. The minimum absolute atomic E-state index is 0.107. The number of likely N-dealkylation sites (N-methyl/N-ethyl adjacent to an activating group) is 1. The van der Waals surface area contributed by atoms with Crippen LogP contribution in [0.25, 0.3) is 0 Å². The second-order valence-electron chi connectivity index (χ2n) is 8.04. The van der Waals surface area contributed by atoms with Crippen LogP contribution in [0.15, 0.2) is 0 Å². The van der Waals surface area contributed by atoms with E-state index in [-0.39, 0.29) is 17.6 Å². The van der Waals surface area contributed by atoms with Gasteiger partial charge >= 0.3 is 0 Å². The molecule has 5 nitrogen and oxygen atoms in total. The molecule has 0 radical (unpaired) electrons. The van der Waals surface area contributed by atoms with Gasteiger partial charge in [-0.2, -0.15) is 0 Å². The summed E-state index contributed by atoms with van der Waals surface area (Å²) in [5.74, 6) is 0.716. The summed E-state index contributed by atoms with van der Waals surface area (Å²) in [7, 11) is 2.18. The Bertz CT molecular complexity index is 422. The van der Waals surface area contributed by atoms with E-state index in [4.69, 9.17) is 10.5 Å². The summed E-state index contributed by atoms with van der Waals surface area (Å²) in [6, 6.07) is 0. The normalized spacial score (nSPS) is 40.9. The molecule has 0 aromatic rings. The zero-order valence-electron chi connectivity index (χ0n) is 14.8. The quantitative estimate of drug-likeness (QED) is 0.858. The van der Waals surface area contributed by atoms with Gasteiger partial charge in [-0.15, -0.1) is 0 Å². The molecular weight excluding hydrogens is 290 g/mol. The summed E-state index contributed by atoms with van der Waals surface area (Å²) in [4.78, 5) is 17.1. The van der Waals surface area contributed by atoms with Gasteiger partial charge in [-0.3, -0.25) is 9.69 Å². The highest BCUT2D eigenvalue weighted by Gasteiger charge is 2.49. The highest BCUT2D eigenvalue weighted by Crippen LogP contribution is 2.48. The van der Waals surface area contributed by atoms with Gasteiger partial charge < -0.3 is 15.4 Å². The van der Waals surface area contributed by atoms with Crippen LogP contribution in [0.3, 0.4) is 0 Å². The van der Waals surface area contributed by atoms with Gasteiger partial charge in [0, 0.05) is 44.1 Å². The molecule has 1 aliphatic carbocycles. The molecule has 132 valence electrons. The number of ether oxygens (including phenoxy) is 1. The molecule has 5 heteroatoms. The lowest BCUT2D eigenvalue weighted by Gasteiger charge is -2.50. The van der Waals surface area contributed by atoms with Crippen LogP contribution in [0.5, 0.6) is 0 Å². The number of nitrogens with zero attached hydrogens (tertiary/aromatic N) is 2. The second-order valence-corrected chi connectivity index (χ2v) is 8.04. The predicted molar refractivity (Wildman–Crippen MR) is 90.8 cm³/mol. The van der Waals surface area contributed by atoms with Crippen LogP contribution in [0.2, 0.25) is 0 Å². The molecule has 2 N–H and O–H groups in total. The van der Waals surface area contributed by atoms with E-state index >= 15 is 0 Å². The summed E-state index contributed by atoms with van der Waals surface area (Å²) in [6.45, 7) is 7.30. The molecule has 0 bridgehead atoms. The first-order chi connectivity index (χ1) is 11.0. The number of amides is 1. The van der Waals surface area contributed by atoms with Crippen molar-refractivity contribution in [1.82, 2.24) is 9.80 Å². The van der Waals surface area contributed by atoms with Gasteiger partial charge in [-0.25, -0.2) is 0 Å². The SMILES string of the molecule is CN1CCN(C2OCCCC2C2CCCCC2(C)C(N)=O)CC1. The van der Waals surface area contributed by atoms with E-state index in [1.807, 2.05) is 0 Å². The largest absolute Gasteiger partial charge is 0.369 e. The van der Waals surface area contributed by atoms with Crippen LogP contribution in [-0.2, 0) is 9.53 Å². The minimum atomic E-state index is -0.353. The maximum Gasteiger partial charge on any atom is 0.223 e. The van der Waals surface area contributed by atoms with Crippen molar-refractivity contribution in [3.05, 3.63) is 0 Å². The summed E-state index contributed by atoms with van der Waals surface area (Å²) in [5, 5.41) is 0. The highest BCUT2D eigenvalue weighted by molar-refractivity contribution is 5.80. The standard InChI is InChI=1S/C18H33N3O2/c1-18(17(19)22)8-4-3-7-15(18)14-6-5-13-23-16(14)21-11-9-20(2)10-12-21/h14-16H,3-13H2,1-2H3,(H2,19,22). The molecule has 3 aliphatic rings. The molecule has 0 spiro atoms. The Morgan fingerprint density at radius 3 is 2.57 bits per heavy atom. The Morgan fingerprint density at radius 1 is 1.13 bits per heavy atom. The molecule has 3 fully saturated rings. The molecule has 2 aliphatic heterocycles. The number of carbonyl (C=O) groups excluding carboxylic acids is 1. The number of piperazine rings is 1. The second kappa shape index (κ2) is 7.08. The fraction of sp³-hybridized carbons (Fsp3) is 0.944. The topological polar surface area (TPSA) is 58.8 Å². The molecule has 3 rings (SSSR count). The fourth-order valence-corrected chi connectivity index (χ4v) is 4.99. The van der Waals surface area contributed by atoms with Gasteiger partial charge in [0.05, 0.1) is 0 Å². The molecule has 0 aromatic heterocycles. The van der Waals surface area contributed by atoms with Gasteiger partial charge in [0.15, 0.2) is 0 Å². The fourth-order valence-electron chi connectivity index (χ4n) is 4.99. The number of nitrogens with two attached hydrogens (primary N) is 1. The van der Waals surface area contributed by atoms with Crippen molar-refractivity contribution in [1.29, 1.82) is 0 Å². The van der Waals surface area contributed by atoms with Crippen molar-refractivity contribution in [3.8, 4) is 0 Å².